The number of halogens is 1. The van der Waals surface area contributed by atoms with Gasteiger partial charge in [0.05, 0.1) is 17.6 Å². The largest absolute Gasteiger partial charge is 0.318 e. The van der Waals surface area contributed by atoms with Crippen LogP contribution in [0.3, 0.4) is 0 Å². The zero-order valence-corrected chi connectivity index (χ0v) is 11.6. The van der Waals surface area contributed by atoms with Gasteiger partial charge in [0.25, 0.3) is 0 Å². The molecule has 2 heterocycles. The molecule has 1 atom stereocenters. The van der Waals surface area contributed by atoms with Gasteiger partial charge in [-0.3, -0.25) is 0 Å². The van der Waals surface area contributed by atoms with Crippen LogP contribution in [0.2, 0.25) is 5.02 Å². The van der Waals surface area contributed by atoms with E-state index in [2.05, 4.69) is 11.4 Å². The van der Waals surface area contributed by atoms with E-state index in [1.54, 1.807) is 11.3 Å². The Kier molecular flexibility index (Phi) is 2.38. The maximum absolute atomic E-state index is 8.05. The van der Waals surface area contributed by atoms with Crippen LogP contribution in [0.25, 0.3) is 0 Å². The van der Waals surface area contributed by atoms with Gasteiger partial charge in [-0.2, -0.15) is 0 Å². The first kappa shape index (κ1) is 9.13. The normalized spacial score (nSPS) is 25.9. The summed E-state index contributed by atoms with van der Waals surface area (Å²) in [5, 5.41) is 2.70. The molecule has 0 N–H and O–H groups in total. The Balaban J connectivity index is 1.98. The molecule has 0 spiro atoms. The number of benzene rings is 1. The molecule has 0 fully saturated rings. The maximum atomic E-state index is 8.05. The molecule has 94 valence electrons. The minimum absolute atomic E-state index is 0.0838. The molecule has 0 aliphatic carbocycles. The highest BCUT2D eigenvalue weighted by Crippen LogP contribution is 2.30. The predicted octanol–water partition coefficient (Wildman–Crippen LogP) is 4.10. The van der Waals surface area contributed by atoms with Crippen molar-refractivity contribution < 1.29 is 8.60 Å². The van der Waals surface area contributed by atoms with Crippen LogP contribution in [0, 0.1) is 0 Å². The third kappa shape index (κ3) is 2.33. The number of nitrogens with zero attached hydrogens (tertiary/aromatic N) is 1. The number of quaternary nitrogens is 1. The minimum atomic E-state index is -2.04. The first-order valence-electron chi connectivity index (χ1n) is 7.56. The Labute approximate surface area is 121 Å². The lowest BCUT2D eigenvalue weighted by atomic mass is 10.1. The Morgan fingerprint density at radius 2 is 2.28 bits per heavy atom. The molecule has 0 saturated carbocycles. The lowest BCUT2D eigenvalue weighted by Crippen LogP contribution is -2.46. The number of likely N-dealkylation sites (N-methyl/N-ethyl adjacent to an activating group) is 1. The monoisotopic (exact) mass is 282 g/mol. The van der Waals surface area contributed by atoms with Crippen molar-refractivity contribution in [1.82, 2.24) is 0 Å². The Hall–Kier alpha value is -0.830. The molecule has 1 aliphatic rings. The molecule has 3 rings (SSSR count). The lowest BCUT2D eigenvalue weighted by molar-refractivity contribution is -0.937. The quantitative estimate of drug-likeness (QED) is 0.575. The smallest absolute Gasteiger partial charge is 0.106 e. The van der Waals surface area contributed by atoms with Gasteiger partial charge in [0.2, 0.25) is 0 Å². The number of hydrogen-bond donors (Lipinski definition) is 0. The Morgan fingerprint density at radius 3 is 3.11 bits per heavy atom. The molecule has 1 aliphatic heterocycles. The maximum Gasteiger partial charge on any atom is 0.106 e. The molecule has 1 aromatic carbocycles. The van der Waals surface area contributed by atoms with Gasteiger partial charge in [-0.05, 0) is 17.5 Å². The Morgan fingerprint density at radius 1 is 1.39 bits per heavy atom. The van der Waals surface area contributed by atoms with Gasteiger partial charge in [-0.1, -0.05) is 29.8 Å². The van der Waals surface area contributed by atoms with Crippen molar-refractivity contribution in [1.29, 1.82) is 0 Å². The van der Waals surface area contributed by atoms with E-state index in [9.17, 15) is 0 Å². The van der Waals surface area contributed by atoms with Crippen LogP contribution < -0.4 is 0 Å². The van der Waals surface area contributed by atoms with Crippen molar-refractivity contribution in [3.05, 3.63) is 56.7 Å². The van der Waals surface area contributed by atoms with Crippen molar-refractivity contribution in [3.63, 3.8) is 0 Å². The fraction of sp³-hybridized carbons (Fsp3) is 0.333. The van der Waals surface area contributed by atoms with E-state index < -0.39 is 6.98 Å². The second kappa shape index (κ2) is 4.69. The number of fused-ring (bicyclic) bond motifs is 1. The van der Waals surface area contributed by atoms with Crippen LogP contribution in [-0.2, 0) is 19.5 Å². The highest BCUT2D eigenvalue weighted by atomic mass is 35.5. The van der Waals surface area contributed by atoms with E-state index in [-0.39, 0.29) is 4.48 Å². The highest BCUT2D eigenvalue weighted by molar-refractivity contribution is 7.10. The van der Waals surface area contributed by atoms with Gasteiger partial charge < -0.3 is 4.48 Å². The third-order valence-corrected chi connectivity index (χ3v) is 4.90. The lowest BCUT2D eigenvalue weighted by Gasteiger charge is -2.38. The summed E-state index contributed by atoms with van der Waals surface area (Å²) >= 11 is 7.97. The van der Waals surface area contributed by atoms with Gasteiger partial charge in [0.15, 0.2) is 0 Å². The molecular weight excluding hydrogens is 263 g/mol. The highest BCUT2D eigenvalue weighted by Gasteiger charge is 2.29. The van der Waals surface area contributed by atoms with Gasteiger partial charge in [-0.15, -0.1) is 11.3 Å². The second-order valence-electron chi connectivity index (χ2n) is 4.90. The summed E-state index contributed by atoms with van der Waals surface area (Å²) in [6.45, 7) is -0.403. The molecule has 0 bridgehead atoms. The van der Waals surface area contributed by atoms with E-state index in [4.69, 9.17) is 15.7 Å². The molecule has 0 radical (unpaired) electrons. The molecule has 0 amide bonds. The van der Waals surface area contributed by atoms with E-state index in [1.807, 2.05) is 24.3 Å². The first-order chi connectivity index (χ1) is 9.91. The number of hydrogen-bond acceptors (Lipinski definition) is 1. The topological polar surface area (TPSA) is 0 Å². The van der Waals surface area contributed by atoms with Crippen molar-refractivity contribution in [3.8, 4) is 0 Å². The summed E-state index contributed by atoms with van der Waals surface area (Å²) < 4.78 is 24.2. The Bertz CT molecular complexity index is 652. The fourth-order valence-electron chi connectivity index (χ4n) is 2.54. The SMILES string of the molecule is [2H][13C]([2H])([2H])[N+]1(Cc2ccccc2Cl)CCc2sccc2C1. The van der Waals surface area contributed by atoms with Crippen LogP contribution >= 0.6 is 22.9 Å². The molecule has 2 aromatic rings. The zero-order valence-electron chi connectivity index (χ0n) is 13.0. The van der Waals surface area contributed by atoms with Crippen molar-refractivity contribution >= 4 is 22.9 Å². The summed E-state index contributed by atoms with van der Waals surface area (Å²) in [6, 6.07) is 9.60. The number of rotatable bonds is 2. The second-order valence-corrected chi connectivity index (χ2v) is 6.30. The summed E-state index contributed by atoms with van der Waals surface area (Å²) in [6.07, 6.45) is 0.829. The minimum Gasteiger partial charge on any atom is -0.318 e. The van der Waals surface area contributed by atoms with Crippen molar-refractivity contribution in [2.24, 2.45) is 0 Å². The summed E-state index contributed by atoms with van der Waals surface area (Å²) in [5.41, 5.74) is 2.09. The molecule has 1 unspecified atom stereocenters. The third-order valence-electron chi connectivity index (χ3n) is 3.51. The molecule has 1 aromatic heterocycles. The standard InChI is InChI=1S/C15H17ClNS/c1-17(10-12-4-2-3-5-14(12)16)8-6-15-13(11-17)7-9-18-15/h2-5,7,9H,6,8,10-11H2,1H3/q+1/i1+1D3. The molecular formula is C15H17ClNS+. The van der Waals surface area contributed by atoms with Crippen molar-refractivity contribution in [2.75, 3.05) is 13.5 Å². The van der Waals surface area contributed by atoms with Gasteiger partial charge in [0, 0.05) is 27.4 Å². The van der Waals surface area contributed by atoms with Crippen LogP contribution in [0.1, 0.15) is 20.1 Å². The van der Waals surface area contributed by atoms with Gasteiger partial charge in [0.1, 0.15) is 13.1 Å². The molecule has 18 heavy (non-hydrogen) atoms. The fourth-order valence-corrected chi connectivity index (χ4v) is 3.62. The van der Waals surface area contributed by atoms with Crippen LogP contribution in [-0.4, -0.2) is 18.0 Å². The first-order valence-corrected chi connectivity index (χ1v) is 7.32. The van der Waals surface area contributed by atoms with Crippen LogP contribution in [0.4, 0.5) is 0 Å². The summed E-state index contributed by atoms with van der Waals surface area (Å²) in [7, 11) is 0. The van der Waals surface area contributed by atoms with Crippen LogP contribution in [0.15, 0.2) is 35.7 Å². The summed E-state index contributed by atoms with van der Waals surface area (Å²) in [5.74, 6) is 0. The molecule has 0 saturated heterocycles. The van der Waals surface area contributed by atoms with Gasteiger partial charge in [-0.25, -0.2) is 0 Å². The molecule has 3 heteroatoms. The van der Waals surface area contributed by atoms with Crippen molar-refractivity contribution in [2.45, 2.75) is 19.5 Å². The molecule has 1 nitrogen and oxygen atoms in total. The van der Waals surface area contributed by atoms with Crippen LogP contribution in [0.5, 0.6) is 0 Å². The average molecular weight is 283 g/mol. The zero-order chi connectivity index (χ0) is 15.1. The van der Waals surface area contributed by atoms with E-state index in [0.29, 0.717) is 24.7 Å². The van der Waals surface area contributed by atoms with E-state index in [0.717, 1.165) is 12.0 Å². The predicted molar refractivity (Wildman–Crippen MR) is 77.9 cm³/mol. The van der Waals surface area contributed by atoms with Gasteiger partial charge >= 0.3 is 0 Å². The van der Waals surface area contributed by atoms with E-state index in [1.165, 1.54) is 10.4 Å². The average Bonchev–Trinajstić information content (AvgIpc) is 2.87. The number of thiophene rings is 1. The summed E-state index contributed by atoms with van der Waals surface area (Å²) in [4.78, 5) is 1.33. The van der Waals surface area contributed by atoms with E-state index >= 15 is 0 Å².